The van der Waals surface area contributed by atoms with Crippen LogP contribution in [0.5, 0.6) is 0 Å². The summed E-state index contributed by atoms with van der Waals surface area (Å²) in [6.45, 7) is 5.92. The van der Waals surface area contributed by atoms with Crippen LogP contribution in [-0.4, -0.2) is 35.5 Å². The molecule has 1 saturated heterocycles. The van der Waals surface area contributed by atoms with Crippen LogP contribution >= 0.6 is 0 Å². The summed E-state index contributed by atoms with van der Waals surface area (Å²) < 4.78 is 0. The largest absolute Gasteiger partial charge is 0.366 e. The predicted molar refractivity (Wildman–Crippen MR) is 82.4 cm³/mol. The van der Waals surface area contributed by atoms with Gasteiger partial charge in [-0.1, -0.05) is 13.0 Å². The number of likely N-dealkylation sites (tertiary alicyclic amines) is 1. The number of nitrogens with two attached hydrogens (primary N) is 1. The van der Waals surface area contributed by atoms with Crippen molar-refractivity contribution in [1.82, 2.24) is 9.97 Å². The monoisotopic (exact) mass is 287 g/mol. The molecular weight excluding hydrogens is 264 g/mol. The number of H-pyrrole nitrogens is 1. The third-order valence-electron chi connectivity index (χ3n) is 4.48. The Labute approximate surface area is 124 Å². The summed E-state index contributed by atoms with van der Waals surface area (Å²) in [5.74, 6) is 1.06. The second-order valence-electron chi connectivity index (χ2n) is 5.96. The number of fused-ring (bicyclic) bond motifs is 1. The summed E-state index contributed by atoms with van der Waals surface area (Å²) >= 11 is 0. The van der Waals surface area contributed by atoms with Crippen molar-refractivity contribution < 1.29 is 9.69 Å². The van der Waals surface area contributed by atoms with Crippen molar-refractivity contribution in [3.05, 3.63) is 29.6 Å². The molecule has 1 aromatic carbocycles. The van der Waals surface area contributed by atoms with Gasteiger partial charge in [0.15, 0.2) is 0 Å². The number of nitrogens with zero attached hydrogens (tertiary/aromatic N) is 1. The number of quaternary nitrogens is 1. The highest BCUT2D eigenvalue weighted by Gasteiger charge is 2.25. The molecule has 5 heteroatoms. The van der Waals surface area contributed by atoms with Crippen molar-refractivity contribution in [3.8, 4) is 0 Å². The van der Waals surface area contributed by atoms with Gasteiger partial charge in [-0.3, -0.25) is 4.79 Å². The molecule has 1 aromatic heterocycles. The van der Waals surface area contributed by atoms with Crippen LogP contribution < -0.4 is 10.6 Å². The summed E-state index contributed by atoms with van der Waals surface area (Å²) in [4.78, 5) is 21.2. The van der Waals surface area contributed by atoms with Crippen molar-refractivity contribution in [1.29, 1.82) is 0 Å². The second-order valence-corrected chi connectivity index (χ2v) is 5.96. The molecule has 1 amide bonds. The molecule has 1 fully saturated rings. The Hall–Kier alpha value is -1.88. The molecule has 0 atom stereocenters. The van der Waals surface area contributed by atoms with Gasteiger partial charge in [0.25, 0.3) is 5.91 Å². The minimum absolute atomic E-state index is 0.416. The van der Waals surface area contributed by atoms with Gasteiger partial charge in [0.1, 0.15) is 11.3 Å². The minimum Gasteiger partial charge on any atom is -0.366 e. The van der Waals surface area contributed by atoms with Crippen molar-refractivity contribution >= 4 is 16.9 Å². The van der Waals surface area contributed by atoms with E-state index in [1.165, 1.54) is 26.1 Å². The molecule has 0 aliphatic carbocycles. The van der Waals surface area contributed by atoms with E-state index in [4.69, 9.17) is 5.73 Å². The van der Waals surface area contributed by atoms with E-state index >= 15 is 0 Å². The fraction of sp³-hybridized carbons (Fsp3) is 0.500. The van der Waals surface area contributed by atoms with Gasteiger partial charge in [0.05, 0.1) is 30.7 Å². The van der Waals surface area contributed by atoms with Crippen molar-refractivity contribution in [2.45, 2.75) is 32.1 Å². The van der Waals surface area contributed by atoms with E-state index < -0.39 is 5.91 Å². The van der Waals surface area contributed by atoms with E-state index in [1.54, 1.807) is 11.0 Å². The predicted octanol–water partition coefficient (Wildman–Crippen LogP) is 0.834. The van der Waals surface area contributed by atoms with Crippen LogP contribution in [0.3, 0.4) is 0 Å². The first kappa shape index (κ1) is 14.1. The summed E-state index contributed by atoms with van der Waals surface area (Å²) in [7, 11) is 0. The molecule has 0 unspecified atom stereocenters. The lowest BCUT2D eigenvalue weighted by atomic mass is 9.96. The molecule has 1 aliphatic heterocycles. The van der Waals surface area contributed by atoms with Gasteiger partial charge in [-0.2, -0.15) is 0 Å². The Kier molecular flexibility index (Phi) is 3.92. The summed E-state index contributed by atoms with van der Waals surface area (Å²) in [5.41, 5.74) is 7.55. The Bertz CT molecular complexity index is 641. The van der Waals surface area contributed by atoms with E-state index in [0.29, 0.717) is 17.0 Å². The third-order valence-corrected chi connectivity index (χ3v) is 4.48. The Balaban J connectivity index is 1.82. The lowest BCUT2D eigenvalue weighted by Gasteiger charge is -2.27. The average molecular weight is 287 g/mol. The summed E-state index contributed by atoms with van der Waals surface area (Å²) in [6, 6.07) is 5.54. The number of rotatable bonds is 4. The van der Waals surface area contributed by atoms with Gasteiger partial charge in [0, 0.05) is 18.8 Å². The highest BCUT2D eigenvalue weighted by atomic mass is 16.1. The first-order chi connectivity index (χ1) is 10.2. The van der Waals surface area contributed by atoms with Gasteiger partial charge < -0.3 is 15.6 Å². The summed E-state index contributed by atoms with van der Waals surface area (Å²) in [6.07, 6.45) is 3.55. The van der Waals surface area contributed by atoms with Gasteiger partial charge >= 0.3 is 0 Å². The number of hydrogen-bond donors (Lipinski definition) is 3. The maximum Gasteiger partial charge on any atom is 0.250 e. The number of amides is 1. The Morgan fingerprint density at radius 2 is 2.19 bits per heavy atom. The van der Waals surface area contributed by atoms with Crippen LogP contribution in [0.4, 0.5) is 0 Å². The van der Waals surface area contributed by atoms with Crippen LogP contribution in [0.2, 0.25) is 0 Å². The zero-order valence-electron chi connectivity index (χ0n) is 12.5. The SMILES string of the molecule is CCC[NH+]1CCC(c2nc3c(C(N)=O)cccc3[nH]2)CC1. The maximum atomic E-state index is 11.5. The van der Waals surface area contributed by atoms with E-state index in [9.17, 15) is 4.79 Å². The molecule has 4 N–H and O–H groups in total. The molecule has 0 saturated carbocycles. The molecule has 112 valence electrons. The standard InChI is InChI=1S/C16H22N4O/c1-2-8-20-9-6-11(7-10-20)16-18-13-5-3-4-12(15(17)21)14(13)19-16/h3-5,11H,2,6-10H2,1H3,(H2,17,21)(H,18,19)/p+1. The topological polar surface area (TPSA) is 76.2 Å². The van der Waals surface area contributed by atoms with Gasteiger partial charge in [-0.15, -0.1) is 0 Å². The third kappa shape index (κ3) is 2.78. The molecule has 5 nitrogen and oxygen atoms in total. The molecule has 0 bridgehead atoms. The number of imidazole rings is 1. The number of aromatic amines is 1. The van der Waals surface area contributed by atoms with Gasteiger partial charge in [0.2, 0.25) is 0 Å². The zero-order chi connectivity index (χ0) is 14.8. The number of primary amides is 1. The van der Waals surface area contributed by atoms with Crippen LogP contribution in [0.25, 0.3) is 11.0 Å². The van der Waals surface area contributed by atoms with Gasteiger partial charge in [-0.05, 0) is 18.6 Å². The first-order valence-corrected chi connectivity index (χ1v) is 7.81. The Morgan fingerprint density at radius 1 is 1.43 bits per heavy atom. The first-order valence-electron chi connectivity index (χ1n) is 7.81. The number of benzene rings is 1. The highest BCUT2D eigenvalue weighted by Crippen LogP contribution is 2.25. The van der Waals surface area contributed by atoms with E-state index in [0.717, 1.165) is 24.2 Å². The van der Waals surface area contributed by atoms with Crippen molar-refractivity contribution in [2.75, 3.05) is 19.6 Å². The van der Waals surface area contributed by atoms with Crippen LogP contribution in [0, 0.1) is 0 Å². The number of piperidine rings is 1. The van der Waals surface area contributed by atoms with Crippen LogP contribution in [0.1, 0.15) is 48.3 Å². The summed E-state index contributed by atoms with van der Waals surface area (Å²) in [5, 5.41) is 0. The lowest BCUT2D eigenvalue weighted by Crippen LogP contribution is -3.13. The molecule has 3 rings (SSSR count). The quantitative estimate of drug-likeness (QED) is 0.779. The van der Waals surface area contributed by atoms with Crippen LogP contribution in [0.15, 0.2) is 18.2 Å². The molecular formula is C16H23N4O+. The molecule has 2 heterocycles. The number of aromatic nitrogens is 2. The maximum absolute atomic E-state index is 11.5. The van der Waals surface area contributed by atoms with E-state index in [2.05, 4.69) is 16.9 Å². The van der Waals surface area contributed by atoms with E-state index in [-0.39, 0.29) is 0 Å². The minimum atomic E-state index is -0.416. The number of carbonyl (C=O) groups is 1. The van der Waals surface area contributed by atoms with Crippen LogP contribution in [-0.2, 0) is 0 Å². The Morgan fingerprint density at radius 3 is 2.86 bits per heavy atom. The molecule has 0 spiro atoms. The van der Waals surface area contributed by atoms with Crippen molar-refractivity contribution in [2.24, 2.45) is 5.73 Å². The normalized spacial score (nSPS) is 22.5. The molecule has 0 radical (unpaired) electrons. The highest BCUT2D eigenvalue weighted by molar-refractivity contribution is 6.04. The number of hydrogen-bond acceptors (Lipinski definition) is 2. The second kappa shape index (κ2) is 5.85. The fourth-order valence-corrected chi connectivity index (χ4v) is 3.35. The van der Waals surface area contributed by atoms with E-state index in [1.807, 2.05) is 12.1 Å². The zero-order valence-corrected chi connectivity index (χ0v) is 12.5. The average Bonchev–Trinajstić information content (AvgIpc) is 2.92. The number of nitrogens with one attached hydrogen (secondary N) is 2. The smallest absolute Gasteiger partial charge is 0.250 e. The molecule has 1 aliphatic rings. The van der Waals surface area contributed by atoms with Gasteiger partial charge in [-0.25, -0.2) is 4.98 Å². The number of carbonyl (C=O) groups excluding carboxylic acids is 1. The van der Waals surface area contributed by atoms with Crippen molar-refractivity contribution in [3.63, 3.8) is 0 Å². The fourth-order valence-electron chi connectivity index (χ4n) is 3.35. The molecule has 21 heavy (non-hydrogen) atoms. The molecule has 2 aromatic rings. The lowest BCUT2D eigenvalue weighted by molar-refractivity contribution is -0.905. The number of para-hydroxylation sites is 1.